The van der Waals surface area contributed by atoms with Crippen LogP contribution in [0.15, 0.2) is 116 Å². The van der Waals surface area contributed by atoms with Gasteiger partial charge in [-0.15, -0.1) is 37.2 Å². The van der Waals surface area contributed by atoms with Crippen LogP contribution in [0.2, 0.25) is 0 Å². The van der Waals surface area contributed by atoms with Crippen LogP contribution in [0.1, 0.15) is 18.4 Å². The van der Waals surface area contributed by atoms with Crippen molar-refractivity contribution in [1.82, 2.24) is 0 Å². The van der Waals surface area contributed by atoms with Crippen LogP contribution in [0.25, 0.3) is 10.8 Å². The Morgan fingerprint density at radius 1 is 0.588 bits per heavy atom. The van der Waals surface area contributed by atoms with Gasteiger partial charge in [-0.25, -0.2) is 21.0 Å². The molecular formula is C40H43ClN8O24S7. The molecule has 5 aromatic carbocycles. The van der Waals surface area contributed by atoms with Gasteiger partial charge in [-0.1, -0.05) is 0 Å². The maximum absolute atomic E-state index is 13.0. The Morgan fingerprint density at radius 2 is 1.18 bits per heavy atom. The van der Waals surface area contributed by atoms with Crippen LogP contribution in [-0.4, -0.2) is 148 Å². The molecule has 0 aliphatic carbocycles. The SMILES string of the molecule is CNc1ccc2c(O)c(/N=N/c3cc(C)c(/N=N/c4ccc(S(=O)(=O)CCOS(=O)(=O)O)cc4S(=O)(=O)O)cc3OCCO)c(S(=O)(=O)O)cc2c1/N=N/c1cc(S(=O)(=O)O)c(NC(=O)CCCS(=O)(=O)CCCl)cc1S(=O)(=O)O. The summed E-state index contributed by atoms with van der Waals surface area (Å²) in [6.07, 6.45) is -0.861. The molecule has 0 heterocycles. The lowest BCUT2D eigenvalue weighted by Crippen LogP contribution is -2.18. The molecule has 0 radical (unpaired) electrons. The van der Waals surface area contributed by atoms with Gasteiger partial charge in [0.1, 0.15) is 60.4 Å². The number of halogens is 1. The van der Waals surface area contributed by atoms with Crippen molar-refractivity contribution in [2.45, 2.75) is 44.2 Å². The van der Waals surface area contributed by atoms with Gasteiger partial charge in [0.05, 0.1) is 52.4 Å². The number of aromatic hydroxyl groups is 1. The number of hydrogen-bond acceptors (Lipinski definition) is 26. The summed E-state index contributed by atoms with van der Waals surface area (Å²) in [6, 6.07) is 8.28. The summed E-state index contributed by atoms with van der Waals surface area (Å²) in [5, 5.41) is 48.4. The number of azo groups is 3. The molecule has 0 aliphatic rings. The minimum atomic E-state index is -5.45. The lowest BCUT2D eigenvalue weighted by molar-refractivity contribution is -0.116. The molecule has 40 heteroatoms. The predicted octanol–water partition coefficient (Wildman–Crippen LogP) is 5.47. The number of ether oxygens (including phenoxy) is 1. The number of carbonyl (C=O) groups is 1. The summed E-state index contributed by atoms with van der Waals surface area (Å²) >= 11 is 5.47. The lowest BCUT2D eigenvalue weighted by atomic mass is 10.1. The van der Waals surface area contributed by atoms with E-state index in [0.29, 0.717) is 24.3 Å². The number of phenols is 1. The first-order chi connectivity index (χ1) is 36.9. The smallest absolute Gasteiger partial charge is 0.397 e. The summed E-state index contributed by atoms with van der Waals surface area (Å²) in [4.78, 5) is 7.33. The second-order valence-electron chi connectivity index (χ2n) is 16.1. The number of alkyl halides is 1. The average Bonchev–Trinajstić information content (AvgIpc) is 3.33. The quantitative estimate of drug-likeness (QED) is 0.0188. The lowest BCUT2D eigenvalue weighted by Gasteiger charge is -2.14. The molecule has 9 N–H and O–H groups in total. The molecule has 0 bridgehead atoms. The molecule has 0 aliphatic heterocycles. The van der Waals surface area contributed by atoms with E-state index in [2.05, 4.69) is 40.2 Å². The van der Waals surface area contributed by atoms with Gasteiger partial charge in [0.2, 0.25) is 5.91 Å². The van der Waals surface area contributed by atoms with Crippen molar-refractivity contribution in [2.24, 2.45) is 30.7 Å². The number of phenolic OH excluding ortho intramolecular Hbond substituents is 1. The number of rotatable bonds is 26. The fourth-order valence-corrected chi connectivity index (χ4v) is 12.7. The molecule has 5 aromatic rings. The van der Waals surface area contributed by atoms with E-state index in [4.69, 9.17) is 20.9 Å². The van der Waals surface area contributed by atoms with Crippen LogP contribution in [0.3, 0.4) is 0 Å². The molecule has 0 fully saturated rings. The van der Waals surface area contributed by atoms with Crippen LogP contribution >= 0.6 is 11.6 Å². The molecule has 0 spiro atoms. The topological polar surface area (TPSA) is 514 Å². The number of aliphatic hydroxyl groups excluding tert-OH is 1. The number of hydrogen-bond donors (Lipinski definition) is 9. The van der Waals surface area contributed by atoms with Gasteiger partial charge in [0, 0.05) is 36.2 Å². The monoisotopic (exact) mass is 1280 g/mol. The number of carbonyl (C=O) groups excluding carboxylic acids is 1. The molecule has 0 unspecified atom stereocenters. The molecule has 32 nitrogen and oxygen atoms in total. The van der Waals surface area contributed by atoms with Crippen molar-refractivity contribution in [2.75, 3.05) is 60.6 Å². The highest BCUT2D eigenvalue weighted by atomic mass is 35.5. The summed E-state index contributed by atoms with van der Waals surface area (Å²) in [6.45, 7) is -0.748. The van der Waals surface area contributed by atoms with Gasteiger partial charge in [0.25, 0.3) is 40.5 Å². The zero-order valence-corrected chi connectivity index (χ0v) is 47.1. The van der Waals surface area contributed by atoms with Crippen LogP contribution in [0.5, 0.6) is 11.5 Å². The largest absolute Gasteiger partial charge is 0.505 e. The summed E-state index contributed by atoms with van der Waals surface area (Å²) < 4.78 is 231. The van der Waals surface area contributed by atoms with Gasteiger partial charge < -0.3 is 25.6 Å². The van der Waals surface area contributed by atoms with Crippen molar-refractivity contribution in [1.29, 1.82) is 0 Å². The standard InChI is InChI=1S/C40H43ClN8O24S7/c1-22-16-29(32(72-11-10-50)19-28(22)45-44-26-7-5-23(17-33(26)76(57,58)59)75(55,56)15-12-73-80(69,70)71)46-49-39-36(79(66,67)68)18-25-24(40(39)52)6-8-27(42-2)38(25)48-47-31-21-34(77(60,61)62)30(20-35(31)78(63,64)65)43-37(51)4-3-13-74(53,54)14-9-41/h5-8,16-21,42,50,52H,3-4,9-15H2,1-2H3,(H,43,51)(H,57,58,59)(H,60,61,62)(H,63,64,65)(H,66,67,68)(H,69,70,71)/b45-44+,48-47+,49-46+. The number of amides is 1. The maximum atomic E-state index is 13.0. The van der Waals surface area contributed by atoms with Gasteiger partial charge in [0.15, 0.2) is 25.4 Å². The van der Waals surface area contributed by atoms with E-state index in [-0.39, 0.29) is 46.1 Å². The number of nitrogens with zero attached hydrogens (tertiary/aromatic N) is 6. The summed E-state index contributed by atoms with van der Waals surface area (Å²) in [5.41, 5.74) is -4.37. The zero-order chi connectivity index (χ0) is 60.0. The number of anilines is 2. The number of sulfone groups is 2. The van der Waals surface area contributed by atoms with E-state index in [9.17, 15) is 92.1 Å². The van der Waals surface area contributed by atoms with Crippen LogP contribution < -0.4 is 15.4 Å². The van der Waals surface area contributed by atoms with E-state index in [0.717, 1.165) is 18.2 Å². The molecule has 5 rings (SSSR count). The Hall–Kier alpha value is -6.31. The second-order valence-corrected chi connectivity index (χ2v) is 27.5. The molecule has 0 atom stereocenters. The van der Waals surface area contributed by atoms with Crippen LogP contribution in [-0.2, 0) is 79.5 Å². The third-order valence-corrected chi connectivity index (χ3v) is 18.3. The van der Waals surface area contributed by atoms with E-state index >= 15 is 0 Å². The van der Waals surface area contributed by atoms with E-state index in [1.54, 1.807) is 0 Å². The molecule has 0 saturated heterocycles. The van der Waals surface area contributed by atoms with Gasteiger partial charge in [-0.3, -0.25) is 27.6 Å². The predicted molar refractivity (Wildman–Crippen MR) is 280 cm³/mol. The molecule has 0 aromatic heterocycles. The second kappa shape index (κ2) is 25.2. The number of nitrogens with one attached hydrogen (secondary N) is 2. The average molecular weight is 1280 g/mol. The highest BCUT2D eigenvalue weighted by Crippen LogP contribution is 2.48. The van der Waals surface area contributed by atoms with Crippen molar-refractivity contribution in [3.63, 3.8) is 0 Å². The summed E-state index contributed by atoms with van der Waals surface area (Å²) in [5.74, 6) is -4.61. The summed E-state index contributed by atoms with van der Waals surface area (Å²) in [7, 11) is -33.4. The van der Waals surface area contributed by atoms with Crippen LogP contribution in [0.4, 0.5) is 45.5 Å². The van der Waals surface area contributed by atoms with Crippen molar-refractivity contribution < 1.29 is 106 Å². The molecule has 80 heavy (non-hydrogen) atoms. The Labute approximate surface area is 460 Å². The number of benzene rings is 5. The van der Waals surface area contributed by atoms with Gasteiger partial charge >= 0.3 is 10.4 Å². The molecule has 436 valence electrons. The zero-order valence-electron chi connectivity index (χ0n) is 40.6. The molecule has 0 saturated carbocycles. The van der Waals surface area contributed by atoms with Crippen molar-refractivity contribution in [3.05, 3.63) is 66.2 Å². The normalized spacial score (nSPS) is 13.2. The first kappa shape index (κ1) is 64.5. The first-order valence-corrected chi connectivity index (χ1v) is 32.8. The number of aliphatic hydroxyl groups is 1. The maximum Gasteiger partial charge on any atom is 0.397 e. The Balaban J connectivity index is 1.60. The Kier molecular flexibility index (Phi) is 20.3. The minimum Gasteiger partial charge on any atom is -0.505 e. The van der Waals surface area contributed by atoms with Crippen molar-refractivity contribution >= 4 is 144 Å². The van der Waals surface area contributed by atoms with E-state index < -0.39 is 184 Å². The Bertz CT molecular complexity index is 4200. The van der Waals surface area contributed by atoms with Crippen LogP contribution in [0, 0.1) is 6.92 Å². The highest BCUT2D eigenvalue weighted by Gasteiger charge is 2.29. The highest BCUT2D eigenvalue weighted by molar-refractivity contribution is 7.92. The number of aryl methyl sites for hydroxylation is 1. The van der Waals surface area contributed by atoms with Gasteiger partial charge in [-0.05, 0) is 73.5 Å². The fourth-order valence-electron chi connectivity index (χ4n) is 6.82. The Morgan fingerprint density at radius 3 is 1.76 bits per heavy atom. The molecule has 1 amide bonds. The number of fused-ring (bicyclic) bond motifs is 1. The minimum absolute atomic E-state index is 0.0729. The fraction of sp³-hybridized carbons (Fsp3) is 0.275. The third-order valence-electron chi connectivity index (χ3n) is 10.5. The van der Waals surface area contributed by atoms with E-state index in [1.807, 2.05) is 5.32 Å². The first-order valence-electron chi connectivity index (χ1n) is 21.7. The molecular weight excluding hydrogens is 1240 g/mol. The van der Waals surface area contributed by atoms with E-state index in [1.165, 1.54) is 32.2 Å². The van der Waals surface area contributed by atoms with Gasteiger partial charge in [-0.2, -0.15) is 47.2 Å². The van der Waals surface area contributed by atoms with Crippen molar-refractivity contribution in [3.8, 4) is 11.5 Å². The third kappa shape index (κ3) is 16.9.